The lowest BCUT2D eigenvalue weighted by Gasteiger charge is -2.21. The van der Waals surface area contributed by atoms with Crippen LogP contribution in [-0.2, 0) is 4.79 Å². The molecule has 0 aliphatic carbocycles. The maximum atomic E-state index is 10.6. The lowest BCUT2D eigenvalue weighted by Crippen LogP contribution is -2.45. The molecule has 0 saturated heterocycles. The zero-order chi connectivity index (χ0) is 11.1. The van der Waals surface area contributed by atoms with Gasteiger partial charge in [-0.1, -0.05) is 0 Å². The maximum absolute atomic E-state index is 10.6. The van der Waals surface area contributed by atoms with E-state index in [4.69, 9.17) is 11.5 Å². The van der Waals surface area contributed by atoms with E-state index in [9.17, 15) is 4.79 Å². The van der Waals surface area contributed by atoms with Crippen molar-refractivity contribution in [2.24, 2.45) is 11.5 Å². The average Bonchev–Trinajstić information content (AvgIpc) is 2.11. The van der Waals surface area contributed by atoms with Gasteiger partial charge in [0.25, 0.3) is 0 Å². The number of likely N-dealkylation sites (N-methyl/N-ethyl adjacent to an activating group) is 1. The first-order chi connectivity index (χ1) is 6.45. The Bertz CT molecular complexity index is 172. The minimum absolute atomic E-state index is 0.446. The molecule has 1 unspecified atom stereocenters. The van der Waals surface area contributed by atoms with Crippen molar-refractivity contribution in [3.05, 3.63) is 0 Å². The smallest absolute Gasteiger partial charge is 0.235 e. The van der Waals surface area contributed by atoms with E-state index in [1.165, 1.54) is 0 Å². The van der Waals surface area contributed by atoms with E-state index in [1.54, 1.807) is 0 Å². The highest BCUT2D eigenvalue weighted by molar-refractivity contribution is 5.79. The van der Waals surface area contributed by atoms with Gasteiger partial charge in [0.2, 0.25) is 5.91 Å². The monoisotopic (exact) mass is 202 g/mol. The van der Waals surface area contributed by atoms with Gasteiger partial charge in [-0.25, -0.2) is 0 Å². The van der Waals surface area contributed by atoms with Gasteiger partial charge >= 0.3 is 0 Å². The molecule has 0 spiro atoms. The Balaban J connectivity index is 3.42. The average molecular weight is 202 g/mol. The normalized spacial score (nSPS) is 13.6. The molecule has 0 rings (SSSR count). The first-order valence-electron chi connectivity index (χ1n) is 4.91. The van der Waals surface area contributed by atoms with Crippen molar-refractivity contribution in [1.82, 2.24) is 10.2 Å². The summed E-state index contributed by atoms with van der Waals surface area (Å²) in [4.78, 5) is 12.8. The quantitative estimate of drug-likeness (QED) is 0.449. The van der Waals surface area contributed by atoms with E-state index >= 15 is 0 Å². The van der Waals surface area contributed by atoms with Gasteiger partial charge < -0.3 is 21.7 Å². The molecule has 5 heteroatoms. The molecule has 14 heavy (non-hydrogen) atoms. The maximum Gasteiger partial charge on any atom is 0.235 e. The molecule has 1 atom stereocenters. The van der Waals surface area contributed by atoms with Crippen LogP contribution < -0.4 is 16.8 Å². The van der Waals surface area contributed by atoms with E-state index < -0.39 is 11.9 Å². The fourth-order valence-electron chi connectivity index (χ4n) is 0.872. The van der Waals surface area contributed by atoms with Crippen LogP contribution in [0.3, 0.4) is 0 Å². The van der Waals surface area contributed by atoms with Gasteiger partial charge in [-0.15, -0.1) is 0 Å². The Morgan fingerprint density at radius 1 is 1.50 bits per heavy atom. The highest BCUT2D eigenvalue weighted by Crippen LogP contribution is 1.90. The molecule has 0 radical (unpaired) electrons. The molecular weight excluding hydrogens is 180 g/mol. The summed E-state index contributed by atoms with van der Waals surface area (Å²) in [6.07, 6.45) is 0. The van der Waals surface area contributed by atoms with Gasteiger partial charge in [0, 0.05) is 25.7 Å². The Morgan fingerprint density at radius 3 is 2.50 bits per heavy atom. The number of nitrogens with zero attached hydrogens (tertiary/aromatic N) is 1. The molecule has 0 aromatic heterocycles. The van der Waals surface area contributed by atoms with Crippen molar-refractivity contribution in [2.75, 3.05) is 26.7 Å². The highest BCUT2D eigenvalue weighted by atomic mass is 16.1. The highest BCUT2D eigenvalue weighted by Gasteiger charge is 2.08. The molecule has 5 nitrogen and oxygen atoms in total. The van der Waals surface area contributed by atoms with Gasteiger partial charge in [-0.3, -0.25) is 4.79 Å². The molecular formula is C9H22N4O. The number of hydrogen-bond acceptors (Lipinski definition) is 4. The minimum atomic E-state index is -0.584. The first kappa shape index (κ1) is 13.4. The van der Waals surface area contributed by atoms with Gasteiger partial charge in [0.1, 0.15) is 0 Å². The van der Waals surface area contributed by atoms with Crippen LogP contribution in [0.2, 0.25) is 0 Å². The van der Waals surface area contributed by atoms with Crippen molar-refractivity contribution in [3.8, 4) is 0 Å². The third-order valence-electron chi connectivity index (χ3n) is 2.25. The summed E-state index contributed by atoms with van der Waals surface area (Å²) in [5.41, 5.74) is 10.5. The second-order valence-corrected chi connectivity index (χ2v) is 3.79. The predicted molar refractivity (Wildman–Crippen MR) is 57.8 cm³/mol. The van der Waals surface area contributed by atoms with Gasteiger partial charge in [-0.05, 0) is 20.9 Å². The fourth-order valence-corrected chi connectivity index (χ4v) is 0.872. The molecule has 0 heterocycles. The lowest BCUT2D eigenvalue weighted by molar-refractivity contribution is -0.119. The predicted octanol–water partition coefficient (Wildman–Crippen LogP) is -1.27. The third-order valence-corrected chi connectivity index (χ3v) is 2.25. The van der Waals surface area contributed by atoms with E-state index in [0.717, 1.165) is 13.1 Å². The van der Waals surface area contributed by atoms with Crippen molar-refractivity contribution < 1.29 is 4.79 Å². The summed E-state index contributed by atoms with van der Waals surface area (Å²) in [7, 11) is 2.06. The van der Waals surface area contributed by atoms with Crippen molar-refractivity contribution in [3.63, 3.8) is 0 Å². The number of carbonyl (C=O) groups is 1. The second-order valence-electron chi connectivity index (χ2n) is 3.79. The largest absolute Gasteiger partial charge is 0.368 e. The number of nitrogens with two attached hydrogens (primary N) is 2. The standard InChI is InChI=1S/C9H22N4O/c1-7(2)13(3)5-4-12-6-8(10)9(11)14/h7-8,12H,4-6,10H2,1-3H3,(H2,11,14). The Hall–Kier alpha value is -0.650. The van der Waals surface area contributed by atoms with Gasteiger partial charge in [0.15, 0.2) is 0 Å². The van der Waals surface area contributed by atoms with Gasteiger partial charge in [-0.2, -0.15) is 0 Å². The summed E-state index contributed by atoms with van der Waals surface area (Å²) in [5, 5.41) is 3.08. The van der Waals surface area contributed by atoms with E-state index in [1.807, 2.05) is 0 Å². The van der Waals surface area contributed by atoms with Crippen molar-refractivity contribution in [1.29, 1.82) is 0 Å². The Labute approximate surface area is 85.8 Å². The van der Waals surface area contributed by atoms with Crippen LogP contribution in [0.4, 0.5) is 0 Å². The third kappa shape index (κ3) is 5.90. The number of nitrogens with one attached hydrogen (secondary N) is 1. The topological polar surface area (TPSA) is 84.4 Å². The van der Waals surface area contributed by atoms with Gasteiger partial charge in [0.05, 0.1) is 6.04 Å². The number of carbonyl (C=O) groups excluding carboxylic acids is 1. The zero-order valence-corrected chi connectivity index (χ0v) is 9.29. The van der Waals surface area contributed by atoms with Crippen LogP contribution in [0.15, 0.2) is 0 Å². The number of amides is 1. The number of primary amides is 1. The molecule has 5 N–H and O–H groups in total. The summed E-state index contributed by atoms with van der Waals surface area (Å²) < 4.78 is 0. The second kappa shape index (κ2) is 6.75. The number of hydrogen-bond donors (Lipinski definition) is 3. The van der Waals surface area contributed by atoms with Crippen LogP contribution in [0.5, 0.6) is 0 Å². The molecule has 84 valence electrons. The molecule has 0 aromatic rings. The van der Waals surface area contributed by atoms with Crippen LogP contribution in [-0.4, -0.2) is 49.6 Å². The van der Waals surface area contributed by atoms with Crippen LogP contribution in [0.25, 0.3) is 0 Å². The summed E-state index contributed by atoms with van der Waals surface area (Å²) >= 11 is 0. The van der Waals surface area contributed by atoms with E-state index in [2.05, 4.69) is 31.1 Å². The Kier molecular flexibility index (Phi) is 6.44. The molecule has 0 bridgehead atoms. The van der Waals surface area contributed by atoms with Crippen LogP contribution in [0.1, 0.15) is 13.8 Å². The SMILES string of the molecule is CC(C)N(C)CCNCC(N)C(N)=O. The summed E-state index contributed by atoms with van der Waals surface area (Å²) in [6.45, 7) is 6.46. The van der Waals surface area contributed by atoms with Crippen LogP contribution in [0, 0.1) is 0 Å². The zero-order valence-electron chi connectivity index (χ0n) is 9.29. The Morgan fingerprint density at radius 2 is 2.07 bits per heavy atom. The molecule has 1 amide bonds. The lowest BCUT2D eigenvalue weighted by atomic mass is 10.3. The minimum Gasteiger partial charge on any atom is -0.368 e. The molecule has 0 aromatic carbocycles. The van der Waals surface area contributed by atoms with E-state index in [0.29, 0.717) is 12.6 Å². The fraction of sp³-hybridized carbons (Fsp3) is 0.889. The van der Waals surface area contributed by atoms with E-state index in [-0.39, 0.29) is 0 Å². The molecule has 0 saturated carbocycles. The summed E-state index contributed by atoms with van der Waals surface area (Å²) in [5.74, 6) is -0.463. The molecule has 0 aliphatic heterocycles. The molecule has 0 aliphatic rings. The van der Waals surface area contributed by atoms with Crippen LogP contribution >= 0.6 is 0 Å². The first-order valence-corrected chi connectivity index (χ1v) is 4.91. The molecule has 0 fully saturated rings. The van der Waals surface area contributed by atoms with Crippen molar-refractivity contribution in [2.45, 2.75) is 25.9 Å². The summed E-state index contributed by atoms with van der Waals surface area (Å²) in [6, 6.07) is -0.0547. The number of rotatable bonds is 7. The van der Waals surface area contributed by atoms with Crippen molar-refractivity contribution >= 4 is 5.91 Å².